The van der Waals surface area contributed by atoms with Gasteiger partial charge in [-0.1, -0.05) is 261 Å². The molecule has 0 saturated heterocycles. The first-order valence-corrected chi connectivity index (χ1v) is 35.9. The normalized spacial score (nSPS) is 11.8. The van der Waals surface area contributed by atoms with Gasteiger partial charge >= 0.3 is 0 Å². The summed E-state index contributed by atoms with van der Waals surface area (Å²) in [6, 6.07) is 135. The standard InChI is InChI=1S/C96H60N2S2/c1-3-15-61(16-4-1)73-43-51-88-84(57-73)86-59-75(45-53-90(86)97(88)77-47-39-65(40-48-77)63-31-35-67(36-32-63)79-25-14-30-94-95(79)83-24-8-10-29-93(83)99-94)71-21-11-19-69(55-71)70-20-12-22-72(56-70)76-46-54-91-87(60-76)85-58-74(62-17-5-2-6-18-62)44-52-89(85)98(91)78-49-41-66(42-50-78)64-33-37-68(38-34-64)80-26-13-27-82-81-23-7-9-28-92(81)100-96(80)82/h1-60H. The van der Waals surface area contributed by atoms with Gasteiger partial charge in [0.05, 0.1) is 22.1 Å². The number of hydrogen-bond donors (Lipinski definition) is 0. The molecule has 4 heteroatoms. The predicted molar refractivity (Wildman–Crippen MR) is 430 cm³/mol. The zero-order valence-corrected chi connectivity index (χ0v) is 56.0. The minimum absolute atomic E-state index is 1.13. The van der Waals surface area contributed by atoms with Crippen molar-refractivity contribution >= 4 is 107 Å². The zero-order valence-electron chi connectivity index (χ0n) is 54.4. The van der Waals surface area contributed by atoms with Gasteiger partial charge in [-0.05, 0) is 203 Å². The summed E-state index contributed by atoms with van der Waals surface area (Å²) in [7, 11) is 0. The molecule has 0 amide bonds. The summed E-state index contributed by atoms with van der Waals surface area (Å²) in [6.07, 6.45) is 0. The monoisotopic (exact) mass is 1300 g/mol. The SMILES string of the molecule is c1ccc(-c2ccc3c(c2)c2cc(-c4cccc(-c5cccc(-c6ccc7c(c6)c6cc(-c8ccccc8)ccc6n7-c6ccc(-c7ccc(-c8cccc9sc%10ccccc%10c89)cc7)cc6)c5)c4)ccc2n3-c2ccc(-c3ccc(-c4cccc5c4sc4ccccc45)cc3)cc2)cc1. The molecule has 20 aromatic rings. The summed E-state index contributed by atoms with van der Waals surface area (Å²) >= 11 is 3.75. The van der Waals surface area contributed by atoms with Crippen molar-refractivity contribution in [2.45, 2.75) is 0 Å². The van der Waals surface area contributed by atoms with Gasteiger partial charge in [0.2, 0.25) is 0 Å². The predicted octanol–water partition coefficient (Wildman–Crippen LogP) is 27.6. The lowest BCUT2D eigenvalue weighted by Crippen LogP contribution is -1.94. The third kappa shape index (κ3) is 9.82. The summed E-state index contributed by atoms with van der Waals surface area (Å²) in [6.45, 7) is 0. The van der Waals surface area contributed by atoms with E-state index in [-0.39, 0.29) is 0 Å². The van der Waals surface area contributed by atoms with Crippen molar-refractivity contribution in [1.82, 2.24) is 9.13 Å². The summed E-state index contributed by atoms with van der Waals surface area (Å²) in [5.41, 5.74) is 28.6. The molecule has 4 aromatic heterocycles. The van der Waals surface area contributed by atoms with Gasteiger partial charge < -0.3 is 9.13 Å². The highest BCUT2D eigenvalue weighted by Crippen LogP contribution is 2.45. The fourth-order valence-corrected chi connectivity index (χ4v) is 18.0. The molecule has 2 nitrogen and oxygen atoms in total. The Bertz CT molecular complexity index is 6590. The van der Waals surface area contributed by atoms with E-state index in [0.717, 1.165) is 11.4 Å². The lowest BCUT2D eigenvalue weighted by Gasteiger charge is -2.12. The summed E-state index contributed by atoms with van der Waals surface area (Å²) in [4.78, 5) is 0. The van der Waals surface area contributed by atoms with E-state index in [2.05, 4.69) is 373 Å². The second kappa shape index (κ2) is 23.7. The summed E-state index contributed by atoms with van der Waals surface area (Å²) < 4.78 is 10.2. The fourth-order valence-electron chi connectivity index (χ4n) is 15.6. The molecule has 16 aromatic carbocycles. The molecule has 0 unspecified atom stereocenters. The highest BCUT2D eigenvalue weighted by atomic mass is 32.1. The molecule has 0 spiro atoms. The average Bonchev–Trinajstić information content (AvgIpc) is 1.59. The van der Waals surface area contributed by atoms with E-state index in [1.165, 1.54) is 184 Å². The number of aromatic nitrogens is 2. The van der Waals surface area contributed by atoms with Crippen LogP contribution in [0.4, 0.5) is 0 Å². The maximum absolute atomic E-state index is 2.44. The van der Waals surface area contributed by atoms with Crippen LogP contribution in [0.1, 0.15) is 0 Å². The van der Waals surface area contributed by atoms with Gasteiger partial charge in [0.25, 0.3) is 0 Å². The third-order valence-corrected chi connectivity index (χ3v) is 22.9. The highest BCUT2D eigenvalue weighted by Gasteiger charge is 2.20. The molecule has 0 N–H and O–H groups in total. The van der Waals surface area contributed by atoms with Gasteiger partial charge in [-0.3, -0.25) is 0 Å². The molecule has 20 rings (SSSR count). The van der Waals surface area contributed by atoms with Crippen LogP contribution in [0, 0.1) is 0 Å². The number of rotatable bonds is 11. The van der Waals surface area contributed by atoms with Crippen LogP contribution in [0.3, 0.4) is 0 Å². The second-order valence-corrected chi connectivity index (χ2v) is 28.4. The Morgan fingerprint density at radius 3 is 0.940 bits per heavy atom. The van der Waals surface area contributed by atoms with Crippen molar-refractivity contribution < 1.29 is 0 Å². The zero-order chi connectivity index (χ0) is 65.8. The van der Waals surface area contributed by atoms with E-state index in [1.807, 2.05) is 22.7 Å². The van der Waals surface area contributed by atoms with E-state index in [1.54, 1.807) is 0 Å². The molecule has 466 valence electrons. The second-order valence-electron chi connectivity index (χ2n) is 26.3. The molecule has 0 aliphatic heterocycles. The summed E-state index contributed by atoms with van der Waals surface area (Å²) in [5.74, 6) is 0. The molecule has 4 heterocycles. The van der Waals surface area contributed by atoms with Crippen molar-refractivity contribution in [1.29, 1.82) is 0 Å². The number of thiophene rings is 2. The third-order valence-electron chi connectivity index (χ3n) is 20.6. The van der Waals surface area contributed by atoms with E-state index in [0.29, 0.717) is 0 Å². The molecule has 100 heavy (non-hydrogen) atoms. The Hall–Kier alpha value is -12.4. The number of fused-ring (bicyclic) bond motifs is 12. The molecule has 0 aliphatic rings. The van der Waals surface area contributed by atoms with Crippen molar-refractivity contribution in [3.05, 3.63) is 364 Å². The first-order chi connectivity index (χ1) is 49.5. The first-order valence-electron chi connectivity index (χ1n) is 34.3. The van der Waals surface area contributed by atoms with Gasteiger partial charge in [-0.25, -0.2) is 0 Å². The van der Waals surface area contributed by atoms with Crippen LogP contribution in [-0.4, -0.2) is 9.13 Å². The average molecular weight is 1310 g/mol. The van der Waals surface area contributed by atoms with E-state index >= 15 is 0 Å². The van der Waals surface area contributed by atoms with Gasteiger partial charge in [-0.15, -0.1) is 22.7 Å². The molecule has 0 bridgehead atoms. The van der Waals surface area contributed by atoms with Crippen molar-refractivity contribution in [3.63, 3.8) is 0 Å². The maximum atomic E-state index is 2.44. The van der Waals surface area contributed by atoms with Crippen LogP contribution in [0.25, 0.3) is 195 Å². The lowest BCUT2D eigenvalue weighted by molar-refractivity contribution is 1.18. The van der Waals surface area contributed by atoms with Crippen LogP contribution < -0.4 is 0 Å². The van der Waals surface area contributed by atoms with E-state index in [4.69, 9.17) is 0 Å². The van der Waals surface area contributed by atoms with Gasteiger partial charge in [0.1, 0.15) is 0 Å². The van der Waals surface area contributed by atoms with Crippen LogP contribution in [-0.2, 0) is 0 Å². The van der Waals surface area contributed by atoms with Crippen LogP contribution >= 0.6 is 22.7 Å². The van der Waals surface area contributed by atoms with Crippen molar-refractivity contribution in [2.75, 3.05) is 0 Å². The number of benzene rings is 16. The topological polar surface area (TPSA) is 9.86 Å². The van der Waals surface area contributed by atoms with E-state index < -0.39 is 0 Å². The number of hydrogen-bond acceptors (Lipinski definition) is 2. The molecule has 0 radical (unpaired) electrons. The van der Waals surface area contributed by atoms with Crippen LogP contribution in [0.15, 0.2) is 364 Å². The van der Waals surface area contributed by atoms with Crippen LogP contribution in [0.5, 0.6) is 0 Å². The Morgan fingerprint density at radius 1 is 0.170 bits per heavy atom. The molecular weight excluding hydrogens is 1250 g/mol. The molecule has 0 fully saturated rings. The van der Waals surface area contributed by atoms with Gasteiger partial charge in [0, 0.05) is 73.3 Å². The fraction of sp³-hybridized carbons (Fsp3) is 0. The summed E-state index contributed by atoms with van der Waals surface area (Å²) in [5, 5.41) is 10.2. The first kappa shape index (κ1) is 57.8. The Morgan fingerprint density at radius 2 is 0.470 bits per heavy atom. The molecule has 0 aliphatic carbocycles. The Balaban J connectivity index is 0.618. The van der Waals surface area contributed by atoms with Gasteiger partial charge in [0.15, 0.2) is 0 Å². The largest absolute Gasteiger partial charge is 0.309 e. The molecule has 0 atom stereocenters. The lowest BCUT2D eigenvalue weighted by atomic mass is 9.95. The molecule has 0 saturated carbocycles. The van der Waals surface area contributed by atoms with Gasteiger partial charge in [-0.2, -0.15) is 0 Å². The quantitative estimate of drug-likeness (QED) is 0.122. The van der Waals surface area contributed by atoms with Crippen molar-refractivity contribution in [3.8, 4) is 112 Å². The Kier molecular flexibility index (Phi) is 13.7. The minimum atomic E-state index is 1.13. The number of nitrogens with zero attached hydrogens (tertiary/aromatic N) is 2. The Labute approximate surface area is 587 Å². The molecular formula is C96H60N2S2. The smallest absolute Gasteiger partial charge is 0.0541 e. The minimum Gasteiger partial charge on any atom is -0.309 e. The van der Waals surface area contributed by atoms with E-state index in [9.17, 15) is 0 Å². The van der Waals surface area contributed by atoms with Crippen molar-refractivity contribution in [2.24, 2.45) is 0 Å². The maximum Gasteiger partial charge on any atom is 0.0541 e. The highest BCUT2D eigenvalue weighted by molar-refractivity contribution is 7.26. The van der Waals surface area contributed by atoms with Crippen LogP contribution in [0.2, 0.25) is 0 Å².